The van der Waals surface area contributed by atoms with E-state index >= 15 is 0 Å². The number of hydrogen-bond donors (Lipinski definition) is 0. The number of nitrogens with zero attached hydrogens (tertiary/aromatic N) is 1. The standard InChI is InChI=1S/C12H14BrNS/c1-14-9-2-3-10(14)7-8(6-9)12-11(13)4-5-15-12/h4-6,9-10H,2-3,7H2,1H3/t9-,10-/m1/s1. The molecule has 1 aromatic heterocycles. The third kappa shape index (κ3) is 1.61. The fourth-order valence-corrected chi connectivity index (χ4v) is 4.40. The maximum Gasteiger partial charge on any atom is 0.0442 e. The van der Waals surface area contributed by atoms with Gasteiger partial charge in [0.15, 0.2) is 0 Å². The molecule has 0 unspecified atom stereocenters. The summed E-state index contributed by atoms with van der Waals surface area (Å²) in [6, 6.07) is 3.62. The molecule has 2 aliphatic rings. The van der Waals surface area contributed by atoms with Gasteiger partial charge in [0.05, 0.1) is 0 Å². The van der Waals surface area contributed by atoms with Gasteiger partial charge in [0.25, 0.3) is 0 Å². The van der Waals surface area contributed by atoms with Crippen LogP contribution in [0.5, 0.6) is 0 Å². The number of halogens is 1. The Morgan fingerprint density at radius 3 is 3.00 bits per heavy atom. The Morgan fingerprint density at radius 1 is 1.47 bits per heavy atom. The molecule has 0 radical (unpaired) electrons. The molecule has 0 spiro atoms. The summed E-state index contributed by atoms with van der Waals surface area (Å²) in [4.78, 5) is 3.98. The Kier molecular flexibility index (Phi) is 2.49. The van der Waals surface area contributed by atoms with Crippen molar-refractivity contribution in [1.29, 1.82) is 0 Å². The molecule has 2 atom stereocenters. The van der Waals surface area contributed by atoms with Crippen molar-refractivity contribution < 1.29 is 0 Å². The predicted molar refractivity (Wildman–Crippen MR) is 69.2 cm³/mol. The number of fused-ring (bicyclic) bond motifs is 2. The van der Waals surface area contributed by atoms with Gasteiger partial charge in [-0.3, -0.25) is 4.90 Å². The first-order chi connectivity index (χ1) is 7.25. The highest BCUT2D eigenvalue weighted by molar-refractivity contribution is 9.10. The van der Waals surface area contributed by atoms with Gasteiger partial charge >= 0.3 is 0 Å². The molecule has 2 bridgehead atoms. The Hall–Kier alpha value is -0.120. The molecular formula is C12H14BrNS. The second kappa shape index (κ2) is 3.72. The van der Waals surface area contributed by atoms with E-state index in [-0.39, 0.29) is 0 Å². The quantitative estimate of drug-likeness (QED) is 0.759. The third-order valence-corrected chi connectivity index (χ3v) is 5.57. The molecule has 15 heavy (non-hydrogen) atoms. The van der Waals surface area contributed by atoms with Gasteiger partial charge in [-0.2, -0.15) is 0 Å². The van der Waals surface area contributed by atoms with Crippen LogP contribution in [0.3, 0.4) is 0 Å². The first-order valence-electron chi connectivity index (χ1n) is 5.41. The fraction of sp³-hybridized carbons (Fsp3) is 0.500. The van der Waals surface area contributed by atoms with Crippen molar-refractivity contribution in [3.63, 3.8) is 0 Å². The highest BCUT2D eigenvalue weighted by Gasteiger charge is 2.34. The van der Waals surface area contributed by atoms with Gasteiger partial charge < -0.3 is 0 Å². The molecule has 1 fully saturated rings. The number of thiophene rings is 1. The zero-order valence-corrected chi connectivity index (χ0v) is 11.1. The first-order valence-corrected chi connectivity index (χ1v) is 7.09. The van der Waals surface area contributed by atoms with E-state index < -0.39 is 0 Å². The van der Waals surface area contributed by atoms with E-state index in [1.54, 1.807) is 5.57 Å². The maximum absolute atomic E-state index is 3.63. The van der Waals surface area contributed by atoms with Crippen LogP contribution in [0.25, 0.3) is 5.57 Å². The van der Waals surface area contributed by atoms with Crippen LogP contribution in [0.4, 0.5) is 0 Å². The highest BCUT2D eigenvalue weighted by atomic mass is 79.9. The number of likely N-dealkylation sites (N-methyl/N-ethyl adjacent to an activating group) is 1. The predicted octanol–water partition coefficient (Wildman–Crippen LogP) is 3.76. The monoisotopic (exact) mass is 283 g/mol. The summed E-state index contributed by atoms with van der Waals surface area (Å²) in [7, 11) is 2.26. The van der Waals surface area contributed by atoms with Crippen molar-refractivity contribution >= 4 is 32.8 Å². The Labute approximate surface area is 103 Å². The second-order valence-electron chi connectivity index (χ2n) is 4.46. The van der Waals surface area contributed by atoms with Crippen molar-refractivity contribution in [3.05, 3.63) is 26.9 Å². The topological polar surface area (TPSA) is 3.24 Å². The molecular weight excluding hydrogens is 270 g/mol. The second-order valence-corrected chi connectivity index (χ2v) is 6.23. The van der Waals surface area contributed by atoms with Crippen LogP contribution in [0.15, 0.2) is 22.0 Å². The summed E-state index contributed by atoms with van der Waals surface area (Å²) >= 11 is 5.49. The summed E-state index contributed by atoms with van der Waals surface area (Å²) in [6.07, 6.45) is 6.41. The van der Waals surface area contributed by atoms with Gasteiger partial charge in [0, 0.05) is 21.4 Å². The van der Waals surface area contributed by atoms with Crippen molar-refractivity contribution in [2.75, 3.05) is 7.05 Å². The molecule has 0 aliphatic carbocycles. The maximum atomic E-state index is 3.63. The molecule has 2 aliphatic heterocycles. The van der Waals surface area contributed by atoms with E-state index in [1.165, 1.54) is 28.6 Å². The Morgan fingerprint density at radius 2 is 2.33 bits per heavy atom. The lowest BCUT2D eigenvalue weighted by molar-refractivity contribution is 0.264. The van der Waals surface area contributed by atoms with Crippen molar-refractivity contribution in [3.8, 4) is 0 Å². The van der Waals surface area contributed by atoms with E-state index in [9.17, 15) is 0 Å². The van der Waals surface area contributed by atoms with E-state index in [1.807, 2.05) is 11.3 Å². The summed E-state index contributed by atoms with van der Waals surface area (Å²) < 4.78 is 1.27. The summed E-state index contributed by atoms with van der Waals surface area (Å²) in [5.74, 6) is 0. The number of rotatable bonds is 1. The van der Waals surface area contributed by atoms with Gasteiger partial charge in [-0.1, -0.05) is 6.08 Å². The van der Waals surface area contributed by atoms with E-state index in [4.69, 9.17) is 0 Å². The molecule has 3 heterocycles. The summed E-state index contributed by atoms with van der Waals surface area (Å²) in [6.45, 7) is 0. The zero-order valence-electron chi connectivity index (χ0n) is 8.74. The molecule has 0 amide bonds. The Bertz CT molecular complexity index is 410. The van der Waals surface area contributed by atoms with E-state index in [0.717, 1.165) is 6.04 Å². The van der Waals surface area contributed by atoms with Crippen LogP contribution >= 0.6 is 27.3 Å². The SMILES string of the molecule is CN1[C@@H]2CC[C@@H]1C=C(c1sccc1Br)C2. The molecule has 1 nitrogen and oxygen atoms in total. The minimum absolute atomic E-state index is 0.688. The molecule has 3 heteroatoms. The summed E-state index contributed by atoms with van der Waals surface area (Å²) in [5.41, 5.74) is 1.56. The molecule has 0 N–H and O–H groups in total. The lowest BCUT2D eigenvalue weighted by Crippen LogP contribution is -2.34. The normalized spacial score (nSPS) is 30.7. The highest BCUT2D eigenvalue weighted by Crippen LogP contribution is 2.41. The zero-order chi connectivity index (χ0) is 10.4. The first kappa shape index (κ1) is 10.1. The third-order valence-electron chi connectivity index (χ3n) is 3.65. The van der Waals surface area contributed by atoms with Crippen LogP contribution in [0.1, 0.15) is 24.1 Å². The van der Waals surface area contributed by atoms with Gasteiger partial charge in [0.2, 0.25) is 0 Å². The van der Waals surface area contributed by atoms with Gasteiger partial charge in [-0.15, -0.1) is 11.3 Å². The molecule has 0 saturated carbocycles. The molecule has 1 aromatic rings. The lowest BCUT2D eigenvalue weighted by Gasteiger charge is -2.30. The van der Waals surface area contributed by atoms with Crippen molar-refractivity contribution in [1.82, 2.24) is 4.90 Å². The Balaban J connectivity index is 1.97. The molecule has 3 rings (SSSR count). The summed E-state index contributed by atoms with van der Waals surface area (Å²) in [5, 5.41) is 2.17. The van der Waals surface area contributed by atoms with Crippen molar-refractivity contribution in [2.45, 2.75) is 31.3 Å². The van der Waals surface area contributed by atoms with Crippen LogP contribution in [-0.2, 0) is 0 Å². The average molecular weight is 284 g/mol. The largest absolute Gasteiger partial charge is 0.297 e. The minimum atomic E-state index is 0.688. The smallest absolute Gasteiger partial charge is 0.0442 e. The molecule has 0 aromatic carbocycles. The molecule has 80 valence electrons. The van der Waals surface area contributed by atoms with Crippen LogP contribution in [-0.4, -0.2) is 24.0 Å². The van der Waals surface area contributed by atoms with E-state index in [0.29, 0.717) is 6.04 Å². The minimum Gasteiger partial charge on any atom is -0.297 e. The average Bonchev–Trinajstić information content (AvgIpc) is 2.70. The lowest BCUT2D eigenvalue weighted by atomic mass is 10.0. The van der Waals surface area contributed by atoms with E-state index in [2.05, 4.69) is 45.4 Å². The van der Waals surface area contributed by atoms with Crippen LogP contribution < -0.4 is 0 Å². The van der Waals surface area contributed by atoms with Crippen LogP contribution in [0.2, 0.25) is 0 Å². The fourth-order valence-electron chi connectivity index (χ4n) is 2.73. The molecule has 1 saturated heterocycles. The number of hydrogen-bond acceptors (Lipinski definition) is 2. The van der Waals surface area contributed by atoms with Crippen molar-refractivity contribution in [2.24, 2.45) is 0 Å². The van der Waals surface area contributed by atoms with Gasteiger partial charge in [0.1, 0.15) is 0 Å². The van der Waals surface area contributed by atoms with Gasteiger partial charge in [-0.05, 0) is 59.3 Å². The van der Waals surface area contributed by atoms with Crippen LogP contribution in [0, 0.1) is 0 Å². The van der Waals surface area contributed by atoms with Gasteiger partial charge in [-0.25, -0.2) is 0 Å².